The molecule has 0 saturated carbocycles. The molecule has 3 heterocycles. The summed E-state index contributed by atoms with van der Waals surface area (Å²) >= 11 is 0. The van der Waals surface area contributed by atoms with Gasteiger partial charge in [-0.1, -0.05) is 18.9 Å². The zero-order valence-corrected chi connectivity index (χ0v) is 16.2. The van der Waals surface area contributed by atoms with E-state index in [0.29, 0.717) is 12.1 Å². The molecule has 1 aromatic rings. The fourth-order valence-electron chi connectivity index (χ4n) is 5.91. The lowest BCUT2D eigenvalue weighted by Crippen LogP contribution is -2.48. The molecule has 3 unspecified atom stereocenters. The number of ether oxygens (including phenoxy) is 1. The van der Waals surface area contributed by atoms with E-state index < -0.39 is 0 Å². The molecule has 0 radical (unpaired) electrons. The van der Waals surface area contributed by atoms with Crippen molar-refractivity contribution in [2.24, 2.45) is 0 Å². The Hall–Kier alpha value is -1.06. The van der Waals surface area contributed by atoms with Gasteiger partial charge in [-0.3, -0.25) is 4.90 Å². The zero-order chi connectivity index (χ0) is 17.3. The molecule has 4 aliphatic rings. The summed E-state index contributed by atoms with van der Waals surface area (Å²) in [7, 11) is 0. The second-order valence-corrected chi connectivity index (χ2v) is 8.96. The van der Waals surface area contributed by atoms with Crippen molar-refractivity contribution in [3.63, 3.8) is 0 Å². The molecule has 3 nitrogen and oxygen atoms in total. The van der Waals surface area contributed by atoms with Crippen LogP contribution in [0, 0.1) is 0 Å². The molecule has 0 N–H and O–H groups in total. The van der Waals surface area contributed by atoms with E-state index in [2.05, 4.69) is 28.0 Å². The molecule has 1 aromatic carbocycles. The lowest BCUT2D eigenvalue weighted by molar-refractivity contribution is 0.0356. The Balaban J connectivity index is 1.24. The highest BCUT2D eigenvalue weighted by Gasteiger charge is 2.32. The molecule has 5 rings (SSSR count). The molecule has 0 bridgehead atoms. The second kappa shape index (κ2) is 7.52. The van der Waals surface area contributed by atoms with Crippen LogP contribution in [0.5, 0.6) is 5.75 Å². The normalized spacial score (nSPS) is 32.8. The summed E-state index contributed by atoms with van der Waals surface area (Å²) in [5.41, 5.74) is 3.13. The molecule has 142 valence electrons. The number of aryl methyl sites for hydroxylation is 1. The zero-order valence-electron chi connectivity index (χ0n) is 16.2. The van der Waals surface area contributed by atoms with E-state index in [1.807, 2.05) is 0 Å². The van der Waals surface area contributed by atoms with Gasteiger partial charge in [0.25, 0.3) is 0 Å². The van der Waals surface area contributed by atoms with Gasteiger partial charge in [0.2, 0.25) is 0 Å². The molecule has 0 amide bonds. The van der Waals surface area contributed by atoms with E-state index in [1.54, 1.807) is 11.1 Å². The molecule has 0 aromatic heterocycles. The standard InChI is InChI=1S/C23H34N2O/c1-3-13-25(14-4-1)23-10-7-18-16-20(8-9-22(18)23)26-21-11-15-24-12-5-2-6-19(24)17-21/h8-9,16,19,21,23H,1-7,10-15,17H2. The van der Waals surface area contributed by atoms with Gasteiger partial charge >= 0.3 is 0 Å². The Bertz CT molecular complexity index is 625. The van der Waals surface area contributed by atoms with Crippen LogP contribution in [0.2, 0.25) is 0 Å². The predicted molar refractivity (Wildman–Crippen MR) is 106 cm³/mol. The molecule has 26 heavy (non-hydrogen) atoms. The Morgan fingerprint density at radius 1 is 0.808 bits per heavy atom. The number of piperidine rings is 3. The molecule has 3 fully saturated rings. The molecule has 3 atom stereocenters. The molecule has 3 heteroatoms. The van der Waals surface area contributed by atoms with E-state index >= 15 is 0 Å². The largest absolute Gasteiger partial charge is 0.490 e. The average molecular weight is 355 g/mol. The minimum atomic E-state index is 0.423. The fraction of sp³-hybridized carbons (Fsp3) is 0.739. The highest BCUT2D eigenvalue weighted by molar-refractivity contribution is 5.41. The van der Waals surface area contributed by atoms with Crippen LogP contribution in [-0.4, -0.2) is 48.1 Å². The summed E-state index contributed by atoms with van der Waals surface area (Å²) in [6.07, 6.45) is 13.7. The number of fused-ring (bicyclic) bond motifs is 2. The van der Waals surface area contributed by atoms with Crippen LogP contribution in [0.25, 0.3) is 0 Å². The van der Waals surface area contributed by atoms with Crippen molar-refractivity contribution >= 4 is 0 Å². The van der Waals surface area contributed by atoms with Gasteiger partial charge in [-0.2, -0.15) is 0 Å². The quantitative estimate of drug-likeness (QED) is 0.792. The summed E-state index contributed by atoms with van der Waals surface area (Å²) < 4.78 is 6.47. The fourth-order valence-corrected chi connectivity index (χ4v) is 5.91. The summed E-state index contributed by atoms with van der Waals surface area (Å²) in [5, 5.41) is 0. The lowest BCUT2D eigenvalue weighted by Gasteiger charge is -2.42. The number of nitrogens with zero attached hydrogens (tertiary/aromatic N) is 2. The van der Waals surface area contributed by atoms with Crippen LogP contribution in [0.1, 0.15) is 75.0 Å². The third kappa shape index (κ3) is 3.41. The minimum absolute atomic E-state index is 0.423. The van der Waals surface area contributed by atoms with E-state index in [-0.39, 0.29) is 0 Å². The smallest absolute Gasteiger partial charge is 0.120 e. The van der Waals surface area contributed by atoms with Crippen molar-refractivity contribution in [1.82, 2.24) is 9.80 Å². The van der Waals surface area contributed by atoms with Crippen molar-refractivity contribution in [2.45, 2.75) is 82.4 Å². The highest BCUT2D eigenvalue weighted by atomic mass is 16.5. The van der Waals surface area contributed by atoms with Crippen molar-refractivity contribution in [1.29, 1.82) is 0 Å². The van der Waals surface area contributed by atoms with E-state index in [9.17, 15) is 0 Å². The summed E-state index contributed by atoms with van der Waals surface area (Å²) in [5.74, 6) is 1.12. The van der Waals surface area contributed by atoms with Crippen LogP contribution in [0.15, 0.2) is 18.2 Å². The second-order valence-electron chi connectivity index (χ2n) is 8.96. The maximum Gasteiger partial charge on any atom is 0.120 e. The monoisotopic (exact) mass is 354 g/mol. The van der Waals surface area contributed by atoms with E-state index in [0.717, 1.165) is 11.8 Å². The van der Waals surface area contributed by atoms with E-state index in [4.69, 9.17) is 4.74 Å². The third-order valence-electron chi connectivity index (χ3n) is 7.32. The van der Waals surface area contributed by atoms with Gasteiger partial charge in [0, 0.05) is 18.6 Å². The Morgan fingerprint density at radius 3 is 2.58 bits per heavy atom. The van der Waals surface area contributed by atoms with Gasteiger partial charge in [-0.15, -0.1) is 0 Å². The van der Waals surface area contributed by atoms with Crippen molar-refractivity contribution in [3.05, 3.63) is 29.3 Å². The van der Waals surface area contributed by atoms with Crippen molar-refractivity contribution in [2.75, 3.05) is 26.2 Å². The first-order valence-electron chi connectivity index (χ1n) is 11.1. The summed E-state index contributed by atoms with van der Waals surface area (Å²) in [6.45, 7) is 5.13. The van der Waals surface area contributed by atoms with Gasteiger partial charge in [-0.25, -0.2) is 0 Å². The highest BCUT2D eigenvalue weighted by Crippen LogP contribution is 2.39. The average Bonchev–Trinajstić information content (AvgIpc) is 3.12. The van der Waals surface area contributed by atoms with Gasteiger partial charge in [-0.05, 0) is 94.3 Å². The summed E-state index contributed by atoms with van der Waals surface area (Å²) in [4.78, 5) is 5.43. The molecule has 1 aliphatic carbocycles. The SMILES string of the molecule is c1cc2c(cc1OC1CCN3CCCCC3C1)CCC2N1CCCCC1. The van der Waals surface area contributed by atoms with Gasteiger partial charge in [0.05, 0.1) is 0 Å². The minimum Gasteiger partial charge on any atom is -0.490 e. The van der Waals surface area contributed by atoms with Crippen LogP contribution >= 0.6 is 0 Å². The molecule has 3 saturated heterocycles. The Morgan fingerprint density at radius 2 is 1.65 bits per heavy atom. The molecule has 0 spiro atoms. The molecular weight excluding hydrogens is 320 g/mol. The molecular formula is C23H34N2O. The van der Waals surface area contributed by atoms with Gasteiger partial charge in [0.15, 0.2) is 0 Å². The predicted octanol–water partition coefficient (Wildman–Crippen LogP) is 4.56. The van der Waals surface area contributed by atoms with Gasteiger partial charge in [0.1, 0.15) is 11.9 Å². The topological polar surface area (TPSA) is 15.7 Å². The maximum atomic E-state index is 6.47. The van der Waals surface area contributed by atoms with Crippen LogP contribution in [-0.2, 0) is 6.42 Å². The number of likely N-dealkylation sites (tertiary alicyclic amines) is 1. The first-order valence-corrected chi connectivity index (χ1v) is 11.1. The molecule has 3 aliphatic heterocycles. The number of hydrogen-bond donors (Lipinski definition) is 0. The Kier molecular flexibility index (Phi) is 4.93. The first-order chi connectivity index (χ1) is 12.9. The number of benzene rings is 1. The van der Waals surface area contributed by atoms with Crippen LogP contribution in [0.3, 0.4) is 0 Å². The van der Waals surface area contributed by atoms with Crippen LogP contribution < -0.4 is 4.74 Å². The first kappa shape index (κ1) is 17.1. The Labute approximate surface area is 158 Å². The number of hydrogen-bond acceptors (Lipinski definition) is 3. The third-order valence-corrected chi connectivity index (χ3v) is 7.32. The van der Waals surface area contributed by atoms with Crippen molar-refractivity contribution in [3.8, 4) is 5.75 Å². The van der Waals surface area contributed by atoms with Crippen molar-refractivity contribution < 1.29 is 4.74 Å². The van der Waals surface area contributed by atoms with E-state index in [1.165, 1.54) is 90.4 Å². The van der Waals surface area contributed by atoms with Crippen LogP contribution in [0.4, 0.5) is 0 Å². The lowest BCUT2D eigenvalue weighted by atomic mass is 9.91. The maximum absolute atomic E-state index is 6.47. The number of rotatable bonds is 3. The van der Waals surface area contributed by atoms with Gasteiger partial charge < -0.3 is 9.64 Å². The summed E-state index contributed by atoms with van der Waals surface area (Å²) in [6, 6.07) is 8.46.